The predicted octanol–water partition coefficient (Wildman–Crippen LogP) is 5.42. The number of nitriles is 1. The highest BCUT2D eigenvalue weighted by Crippen LogP contribution is 2.65. The molecular formula is C28H25F2N6O5PS. The van der Waals surface area contributed by atoms with E-state index in [1.54, 1.807) is 36.5 Å². The zero-order valence-corrected chi connectivity index (χ0v) is 24.3. The Morgan fingerprint density at radius 2 is 2.00 bits per heavy atom. The van der Waals surface area contributed by atoms with E-state index >= 15 is 4.39 Å². The van der Waals surface area contributed by atoms with Gasteiger partial charge in [-0.25, -0.2) is 22.7 Å². The third kappa shape index (κ3) is 4.98. The third-order valence-electron chi connectivity index (χ3n) is 7.93. The number of hydrogen-bond donors (Lipinski definition) is 0. The Labute approximate surface area is 249 Å². The van der Waals surface area contributed by atoms with Gasteiger partial charge in [-0.15, -0.1) is 15.8 Å². The number of nitrogens with zero attached hydrogens (tertiary/aromatic N) is 6. The van der Waals surface area contributed by atoms with Crippen molar-refractivity contribution in [2.45, 2.75) is 30.4 Å². The number of ether oxygens (including phenoxy) is 1. The van der Waals surface area contributed by atoms with Crippen LogP contribution < -0.4 is 0 Å². The van der Waals surface area contributed by atoms with E-state index < -0.39 is 41.5 Å². The first kappa shape index (κ1) is 29.3. The number of thiazole rings is 1. The summed E-state index contributed by atoms with van der Waals surface area (Å²) in [7, 11) is -4.57. The highest BCUT2D eigenvalue weighted by Gasteiger charge is 2.66. The van der Waals surface area contributed by atoms with Crippen LogP contribution in [0.2, 0.25) is 0 Å². The van der Waals surface area contributed by atoms with Gasteiger partial charge in [-0.05, 0) is 37.1 Å². The van der Waals surface area contributed by atoms with Gasteiger partial charge >= 0.3 is 7.67 Å². The van der Waals surface area contributed by atoms with Gasteiger partial charge in [0.15, 0.2) is 13.5 Å². The van der Waals surface area contributed by atoms with Crippen molar-refractivity contribution in [3.05, 3.63) is 104 Å². The van der Waals surface area contributed by atoms with Gasteiger partial charge in [0.2, 0.25) is 0 Å². The fraction of sp³-hybridized carbons (Fsp3) is 0.286. The Bertz CT molecular complexity index is 1770. The Kier molecular flexibility index (Phi) is 7.29. The topological polar surface area (TPSA) is 139 Å². The lowest BCUT2D eigenvalue weighted by Gasteiger charge is -2.41. The van der Waals surface area contributed by atoms with Crippen molar-refractivity contribution in [2.24, 2.45) is 0 Å². The first-order valence-electron chi connectivity index (χ1n) is 13.2. The van der Waals surface area contributed by atoms with Crippen LogP contribution in [0.3, 0.4) is 0 Å². The zero-order valence-electron chi connectivity index (χ0n) is 22.6. The van der Waals surface area contributed by atoms with E-state index in [1.807, 2.05) is 5.38 Å². The van der Waals surface area contributed by atoms with Gasteiger partial charge in [0.25, 0.3) is 0 Å². The maximum Gasteiger partial charge on any atom is 0.666 e. The Morgan fingerprint density at radius 3 is 2.58 bits per heavy atom. The molecule has 4 aromatic rings. The number of aromatic nitrogens is 3. The van der Waals surface area contributed by atoms with Crippen LogP contribution in [0.25, 0.3) is 11.3 Å². The van der Waals surface area contributed by atoms with Crippen LogP contribution in [0.1, 0.15) is 29.0 Å². The monoisotopic (exact) mass is 626 g/mol. The lowest BCUT2D eigenvalue weighted by molar-refractivity contribution is -0.653. The molecule has 2 aromatic heterocycles. The normalized spacial score (nSPS) is 19.1. The van der Waals surface area contributed by atoms with Crippen molar-refractivity contribution in [3.8, 4) is 17.3 Å². The van der Waals surface area contributed by atoms with Crippen LogP contribution in [0.15, 0.2) is 66.3 Å². The van der Waals surface area contributed by atoms with E-state index in [0.717, 1.165) is 17.7 Å². The molecule has 15 heteroatoms. The van der Waals surface area contributed by atoms with Gasteiger partial charge in [-0.2, -0.15) is 14.9 Å². The first-order chi connectivity index (χ1) is 20.6. The van der Waals surface area contributed by atoms with Crippen molar-refractivity contribution in [1.82, 2.24) is 14.8 Å². The van der Waals surface area contributed by atoms with Gasteiger partial charge < -0.3 is 15.2 Å². The van der Waals surface area contributed by atoms with E-state index in [4.69, 9.17) is 19.5 Å². The summed E-state index contributed by atoms with van der Waals surface area (Å²) in [6, 6.07) is 13.8. The second kappa shape index (κ2) is 10.7. The quantitative estimate of drug-likeness (QED) is 0.0507. The Morgan fingerprint density at radius 1 is 1.26 bits per heavy atom. The van der Waals surface area contributed by atoms with Crippen molar-refractivity contribution in [2.75, 3.05) is 19.9 Å². The minimum Gasteiger partial charge on any atom is -0.623 e. The molecule has 1 saturated carbocycles. The molecule has 0 radical (unpaired) electrons. The summed E-state index contributed by atoms with van der Waals surface area (Å²) in [4.78, 5) is 4.88. The molecule has 1 saturated heterocycles. The van der Waals surface area contributed by atoms with Gasteiger partial charge in [-0.3, -0.25) is 4.68 Å². The van der Waals surface area contributed by atoms with Crippen LogP contribution in [0.4, 0.5) is 8.78 Å². The summed E-state index contributed by atoms with van der Waals surface area (Å²) in [5.41, 5.74) is -0.780. The molecule has 1 aliphatic heterocycles. The molecule has 0 spiro atoms. The number of hydrogen-bond acceptors (Lipinski definition) is 9. The van der Waals surface area contributed by atoms with E-state index in [-0.39, 0.29) is 29.7 Å². The van der Waals surface area contributed by atoms with Gasteiger partial charge in [0.1, 0.15) is 35.3 Å². The van der Waals surface area contributed by atoms with Crippen LogP contribution in [-0.4, -0.2) is 50.3 Å². The third-order valence-corrected chi connectivity index (χ3v) is 11.3. The molecule has 0 amide bonds. The summed E-state index contributed by atoms with van der Waals surface area (Å²) in [5, 5.41) is 40.7. The minimum absolute atomic E-state index is 0.0261. The van der Waals surface area contributed by atoms with Gasteiger partial charge in [-0.1, -0.05) is 18.2 Å². The molecule has 2 atom stereocenters. The van der Waals surface area contributed by atoms with Crippen molar-refractivity contribution in [3.63, 3.8) is 0 Å². The predicted molar refractivity (Wildman–Crippen MR) is 152 cm³/mol. The molecule has 3 heterocycles. The molecule has 6 rings (SSSR count). The van der Waals surface area contributed by atoms with Crippen LogP contribution >= 0.6 is 19.0 Å². The number of hydroxylamine groups is 2. The molecule has 11 nitrogen and oxygen atoms in total. The highest BCUT2D eigenvalue weighted by molar-refractivity contribution is 7.46. The van der Waals surface area contributed by atoms with Crippen molar-refractivity contribution < 1.29 is 31.5 Å². The SMILES string of the molecule is C=[N+]([O-])P(=O)(OCO[C@@](Cn1cccn1)(c1ccc(F)cc1F)C1(c2nc(-c3ccc(C#N)cc3)cs2)CC1)[N+]1([O-])CC1. The second-order valence-corrected chi connectivity index (χ2v) is 13.8. The lowest BCUT2D eigenvalue weighted by Crippen LogP contribution is -2.47. The Hall–Kier alpha value is -3.83. The largest absolute Gasteiger partial charge is 0.666 e. The maximum atomic E-state index is 15.8. The Balaban J connectivity index is 1.45. The standard InChI is InChI=1S/C28H25F2N6O5PS/c1-34(37)42(39,36(38)13-14-36)41-19-40-28(18-35-12-2-11-32-35,23-8-7-22(29)15-24(23)30)27(9-10-27)26-33-25(17-43-26)21-5-3-20(16-31)4-6-21/h2-8,11-12,15,17H,1,9-10,13-14,18-19H2/t28-,42?/m0/s1. The fourth-order valence-electron chi connectivity index (χ4n) is 5.34. The van der Waals surface area contributed by atoms with Crippen LogP contribution in [-0.2, 0) is 31.4 Å². The van der Waals surface area contributed by atoms with Gasteiger partial charge in [0, 0.05) is 35.0 Å². The summed E-state index contributed by atoms with van der Waals surface area (Å²) >= 11 is 1.33. The molecule has 2 fully saturated rings. The zero-order chi connectivity index (χ0) is 30.5. The van der Waals surface area contributed by atoms with Crippen LogP contribution in [0.5, 0.6) is 0 Å². The van der Waals surface area contributed by atoms with E-state index in [0.29, 0.717) is 29.1 Å². The smallest absolute Gasteiger partial charge is 0.623 e. The first-order valence-corrected chi connectivity index (χ1v) is 15.6. The highest BCUT2D eigenvalue weighted by atomic mass is 32.1. The summed E-state index contributed by atoms with van der Waals surface area (Å²) < 4.78 is 55.0. The summed E-state index contributed by atoms with van der Waals surface area (Å²) in [6.07, 6.45) is 4.14. The number of rotatable bonds is 12. The summed E-state index contributed by atoms with van der Waals surface area (Å²) in [5.74, 6) is -1.69. The number of quaternary nitrogens is 1. The molecule has 1 aliphatic carbocycles. The lowest BCUT2D eigenvalue weighted by atomic mass is 9.77. The molecule has 0 bridgehead atoms. The van der Waals surface area contributed by atoms with Crippen LogP contribution in [0, 0.1) is 33.4 Å². The minimum atomic E-state index is -4.57. The molecule has 222 valence electrons. The number of benzene rings is 2. The average Bonchev–Trinajstić information content (AvgIpc) is 3.83. The van der Waals surface area contributed by atoms with E-state index in [2.05, 4.69) is 17.9 Å². The molecular weight excluding hydrogens is 601 g/mol. The van der Waals surface area contributed by atoms with Crippen molar-refractivity contribution in [1.29, 1.82) is 5.26 Å². The molecule has 1 unspecified atom stereocenters. The average molecular weight is 627 g/mol. The van der Waals surface area contributed by atoms with Gasteiger partial charge in [0.05, 0.1) is 29.3 Å². The van der Waals surface area contributed by atoms with Crippen molar-refractivity contribution >= 4 is 25.7 Å². The fourth-order valence-corrected chi connectivity index (χ4v) is 7.98. The molecule has 2 aromatic carbocycles. The second-order valence-electron chi connectivity index (χ2n) is 10.5. The maximum absolute atomic E-state index is 15.8. The molecule has 2 aliphatic rings. The van der Waals surface area contributed by atoms with E-state index in [1.165, 1.54) is 28.3 Å². The number of halogens is 2. The molecule has 0 N–H and O–H groups in total. The summed E-state index contributed by atoms with van der Waals surface area (Å²) in [6.45, 7) is 2.01. The molecule has 43 heavy (non-hydrogen) atoms. The van der Waals surface area contributed by atoms with E-state index in [9.17, 15) is 19.4 Å².